The first-order valence-corrected chi connectivity index (χ1v) is 7.89. The van der Waals surface area contributed by atoms with Crippen LogP contribution in [-0.2, 0) is 0 Å². The molecular formula is C15H28N2. The molecule has 3 aliphatic heterocycles. The molecule has 98 valence electrons. The third-order valence-electron chi connectivity index (χ3n) is 5.34. The Morgan fingerprint density at radius 2 is 2.12 bits per heavy atom. The van der Waals surface area contributed by atoms with E-state index in [0.717, 1.165) is 24.0 Å². The predicted molar refractivity (Wildman–Crippen MR) is 72.2 cm³/mol. The molecule has 17 heavy (non-hydrogen) atoms. The number of piperidine rings is 3. The van der Waals surface area contributed by atoms with Gasteiger partial charge in [0.15, 0.2) is 0 Å². The van der Waals surface area contributed by atoms with Crippen LogP contribution in [0.4, 0.5) is 0 Å². The van der Waals surface area contributed by atoms with Gasteiger partial charge in [-0.2, -0.15) is 0 Å². The molecule has 0 spiro atoms. The summed E-state index contributed by atoms with van der Waals surface area (Å²) in [5.41, 5.74) is 0. The van der Waals surface area contributed by atoms with Gasteiger partial charge in [-0.05, 0) is 57.5 Å². The molecule has 0 aromatic rings. The van der Waals surface area contributed by atoms with E-state index in [1.54, 1.807) is 0 Å². The molecule has 3 saturated heterocycles. The lowest BCUT2D eigenvalue weighted by Crippen LogP contribution is -2.62. The lowest BCUT2D eigenvalue weighted by molar-refractivity contribution is -0.0225. The highest BCUT2D eigenvalue weighted by Crippen LogP contribution is 2.39. The third kappa shape index (κ3) is 2.26. The maximum absolute atomic E-state index is 3.82. The summed E-state index contributed by atoms with van der Waals surface area (Å²) in [6.07, 6.45) is 11.5. The Morgan fingerprint density at radius 3 is 3.00 bits per heavy atom. The minimum Gasteiger partial charge on any atom is -0.314 e. The van der Waals surface area contributed by atoms with Gasteiger partial charge in [-0.15, -0.1) is 0 Å². The van der Waals surface area contributed by atoms with E-state index in [-0.39, 0.29) is 0 Å². The van der Waals surface area contributed by atoms with Gasteiger partial charge in [-0.3, -0.25) is 4.90 Å². The van der Waals surface area contributed by atoms with Gasteiger partial charge in [0.25, 0.3) is 0 Å². The van der Waals surface area contributed by atoms with Crippen molar-refractivity contribution < 1.29 is 0 Å². The van der Waals surface area contributed by atoms with Gasteiger partial charge in [0, 0.05) is 18.1 Å². The van der Waals surface area contributed by atoms with Gasteiger partial charge >= 0.3 is 0 Å². The molecule has 0 aliphatic carbocycles. The largest absolute Gasteiger partial charge is 0.314 e. The lowest BCUT2D eigenvalue weighted by Gasteiger charge is -2.54. The molecule has 1 N–H and O–H groups in total. The van der Waals surface area contributed by atoms with Crippen LogP contribution in [0.5, 0.6) is 0 Å². The van der Waals surface area contributed by atoms with Gasteiger partial charge in [0.1, 0.15) is 0 Å². The average molecular weight is 236 g/mol. The summed E-state index contributed by atoms with van der Waals surface area (Å²) in [5.74, 6) is 0.970. The summed E-state index contributed by atoms with van der Waals surface area (Å²) < 4.78 is 0. The van der Waals surface area contributed by atoms with E-state index in [0.29, 0.717) is 0 Å². The lowest BCUT2D eigenvalue weighted by atomic mass is 9.73. The van der Waals surface area contributed by atoms with Crippen LogP contribution < -0.4 is 5.32 Å². The monoisotopic (exact) mass is 236 g/mol. The summed E-state index contributed by atoms with van der Waals surface area (Å²) in [7, 11) is 0. The van der Waals surface area contributed by atoms with Gasteiger partial charge in [-0.25, -0.2) is 0 Å². The van der Waals surface area contributed by atoms with Crippen LogP contribution in [0.1, 0.15) is 58.3 Å². The Morgan fingerprint density at radius 1 is 1.18 bits per heavy atom. The van der Waals surface area contributed by atoms with E-state index in [2.05, 4.69) is 17.1 Å². The molecule has 0 saturated carbocycles. The Hall–Kier alpha value is -0.0800. The van der Waals surface area contributed by atoms with Crippen molar-refractivity contribution in [2.45, 2.75) is 76.4 Å². The first-order valence-electron chi connectivity index (χ1n) is 7.89. The second kappa shape index (κ2) is 5.27. The number of rotatable bonds is 2. The van der Waals surface area contributed by atoms with E-state index in [9.17, 15) is 0 Å². The van der Waals surface area contributed by atoms with E-state index in [1.165, 1.54) is 64.5 Å². The standard InChI is InChI=1S/C15H28N2/c1-2-6-12-11-14-13(7-5-9-16-14)15-8-3-4-10-17(12)15/h12-16H,2-11H2,1H3/t12-,13+,14-,15-/m1/s1. The van der Waals surface area contributed by atoms with Crippen molar-refractivity contribution in [3.8, 4) is 0 Å². The van der Waals surface area contributed by atoms with Crippen LogP contribution in [0.15, 0.2) is 0 Å². The van der Waals surface area contributed by atoms with E-state index in [1.807, 2.05) is 0 Å². The Kier molecular flexibility index (Phi) is 3.72. The van der Waals surface area contributed by atoms with Gasteiger partial charge in [-0.1, -0.05) is 19.8 Å². The van der Waals surface area contributed by atoms with Crippen LogP contribution in [0.25, 0.3) is 0 Å². The summed E-state index contributed by atoms with van der Waals surface area (Å²) >= 11 is 0. The molecular weight excluding hydrogens is 208 g/mol. The molecule has 3 fully saturated rings. The van der Waals surface area contributed by atoms with Crippen LogP contribution in [0, 0.1) is 5.92 Å². The van der Waals surface area contributed by atoms with E-state index >= 15 is 0 Å². The summed E-state index contributed by atoms with van der Waals surface area (Å²) in [5, 5.41) is 3.82. The van der Waals surface area contributed by atoms with Crippen LogP contribution in [0.3, 0.4) is 0 Å². The zero-order valence-corrected chi connectivity index (χ0v) is 11.3. The maximum atomic E-state index is 3.82. The first-order chi connectivity index (χ1) is 8.40. The van der Waals surface area contributed by atoms with Crippen molar-refractivity contribution in [3.63, 3.8) is 0 Å². The Balaban J connectivity index is 1.76. The fraction of sp³-hybridized carbons (Fsp3) is 1.00. The van der Waals surface area contributed by atoms with Crippen LogP contribution >= 0.6 is 0 Å². The van der Waals surface area contributed by atoms with Gasteiger partial charge < -0.3 is 5.32 Å². The molecule has 0 aromatic heterocycles. The number of hydrogen-bond acceptors (Lipinski definition) is 2. The van der Waals surface area contributed by atoms with Crippen molar-refractivity contribution in [1.29, 1.82) is 0 Å². The fourth-order valence-corrected chi connectivity index (χ4v) is 4.63. The molecule has 3 aliphatic rings. The highest BCUT2D eigenvalue weighted by Gasteiger charge is 2.43. The third-order valence-corrected chi connectivity index (χ3v) is 5.34. The SMILES string of the molecule is CCC[C@@H]1C[C@H]2NCCC[C@@H]2[C@H]2CCCCN12. The number of nitrogens with one attached hydrogen (secondary N) is 1. The zero-order chi connectivity index (χ0) is 11.7. The van der Waals surface area contributed by atoms with Crippen LogP contribution in [0.2, 0.25) is 0 Å². The molecule has 2 nitrogen and oxygen atoms in total. The molecule has 2 heteroatoms. The minimum absolute atomic E-state index is 0.847. The van der Waals surface area contributed by atoms with Crippen molar-refractivity contribution in [2.75, 3.05) is 13.1 Å². The summed E-state index contributed by atoms with van der Waals surface area (Å²) in [6.45, 7) is 5.00. The molecule has 0 unspecified atom stereocenters. The van der Waals surface area contributed by atoms with Crippen molar-refractivity contribution in [3.05, 3.63) is 0 Å². The highest BCUT2D eigenvalue weighted by atomic mass is 15.2. The molecule has 3 rings (SSSR count). The summed E-state index contributed by atoms with van der Waals surface area (Å²) in [4.78, 5) is 2.90. The normalized spacial score (nSPS) is 42.9. The van der Waals surface area contributed by atoms with E-state index in [4.69, 9.17) is 0 Å². The van der Waals surface area contributed by atoms with Crippen LogP contribution in [-0.4, -0.2) is 36.1 Å². The number of nitrogens with zero attached hydrogens (tertiary/aromatic N) is 1. The topological polar surface area (TPSA) is 15.3 Å². The first kappa shape index (κ1) is 12.0. The maximum Gasteiger partial charge on any atom is 0.0141 e. The minimum atomic E-state index is 0.847. The molecule has 4 atom stereocenters. The molecule has 3 heterocycles. The molecule has 0 radical (unpaired) electrons. The van der Waals surface area contributed by atoms with Crippen molar-refractivity contribution in [1.82, 2.24) is 10.2 Å². The summed E-state index contributed by atoms with van der Waals surface area (Å²) in [6, 6.07) is 2.66. The molecule has 0 bridgehead atoms. The fourth-order valence-electron chi connectivity index (χ4n) is 4.63. The smallest absolute Gasteiger partial charge is 0.0141 e. The van der Waals surface area contributed by atoms with Gasteiger partial charge in [0.2, 0.25) is 0 Å². The molecule has 0 aromatic carbocycles. The van der Waals surface area contributed by atoms with Crippen molar-refractivity contribution in [2.24, 2.45) is 5.92 Å². The average Bonchev–Trinajstić information content (AvgIpc) is 2.39. The highest BCUT2D eigenvalue weighted by molar-refractivity contribution is 5.00. The second-order valence-corrected chi connectivity index (χ2v) is 6.35. The quantitative estimate of drug-likeness (QED) is 0.793. The zero-order valence-electron chi connectivity index (χ0n) is 11.3. The number of fused-ring (bicyclic) bond motifs is 3. The molecule has 0 amide bonds. The second-order valence-electron chi connectivity index (χ2n) is 6.35. The Bertz CT molecular complexity index is 253. The van der Waals surface area contributed by atoms with Crippen molar-refractivity contribution >= 4 is 0 Å². The van der Waals surface area contributed by atoms with E-state index < -0.39 is 0 Å². The van der Waals surface area contributed by atoms with Gasteiger partial charge in [0.05, 0.1) is 0 Å². The predicted octanol–water partition coefficient (Wildman–Crippen LogP) is 2.78. The Labute approximate surface area is 106 Å². The number of hydrogen-bond donors (Lipinski definition) is 1.